The molecular formula is C22H27N3OS. The molecule has 3 rings (SSSR count). The molecule has 0 aromatic heterocycles. The molecule has 1 N–H and O–H groups in total. The zero-order valence-electron chi connectivity index (χ0n) is 15.8. The van der Waals surface area contributed by atoms with Crippen molar-refractivity contribution >= 4 is 29.1 Å². The first-order valence-electron chi connectivity index (χ1n) is 9.48. The van der Waals surface area contributed by atoms with Crippen LogP contribution in [0.4, 0.5) is 5.69 Å². The second kappa shape index (κ2) is 10.1. The minimum atomic E-state index is 0.640. The van der Waals surface area contributed by atoms with E-state index in [1.807, 2.05) is 37.3 Å². The number of thiocarbonyl (C=S) groups is 1. The number of nitrogens with one attached hydrogen (secondary N) is 1. The monoisotopic (exact) mass is 381 g/mol. The Morgan fingerprint density at radius 1 is 1.04 bits per heavy atom. The Morgan fingerprint density at radius 2 is 1.74 bits per heavy atom. The fourth-order valence-corrected chi connectivity index (χ4v) is 3.37. The number of hydrogen-bond donors (Lipinski definition) is 1. The van der Waals surface area contributed by atoms with E-state index in [1.165, 1.54) is 5.56 Å². The summed E-state index contributed by atoms with van der Waals surface area (Å²) in [6.07, 6.45) is 4.42. The number of anilines is 1. The SMILES string of the molecule is CCOc1ccccc1NC(=S)N1CCN(C/C=C/c2ccccc2)CC1. The van der Waals surface area contributed by atoms with Crippen molar-refractivity contribution in [3.8, 4) is 5.75 Å². The summed E-state index contributed by atoms with van der Waals surface area (Å²) in [5.41, 5.74) is 2.17. The van der Waals surface area contributed by atoms with E-state index in [-0.39, 0.29) is 0 Å². The van der Waals surface area contributed by atoms with Gasteiger partial charge in [0.05, 0.1) is 12.3 Å². The van der Waals surface area contributed by atoms with Crippen molar-refractivity contribution in [2.75, 3.05) is 44.6 Å². The Bertz CT molecular complexity index is 755. The fraction of sp³-hybridized carbons (Fsp3) is 0.318. The van der Waals surface area contributed by atoms with Gasteiger partial charge in [-0.25, -0.2) is 0 Å². The van der Waals surface area contributed by atoms with Crippen LogP contribution in [0.1, 0.15) is 12.5 Å². The van der Waals surface area contributed by atoms with E-state index in [1.54, 1.807) is 0 Å². The van der Waals surface area contributed by atoms with Gasteiger partial charge in [-0.15, -0.1) is 0 Å². The highest BCUT2D eigenvalue weighted by molar-refractivity contribution is 7.80. The van der Waals surface area contributed by atoms with Gasteiger partial charge in [0, 0.05) is 32.7 Å². The van der Waals surface area contributed by atoms with Crippen molar-refractivity contribution < 1.29 is 4.74 Å². The van der Waals surface area contributed by atoms with Gasteiger partial charge in [0.1, 0.15) is 5.75 Å². The highest BCUT2D eigenvalue weighted by atomic mass is 32.1. The van der Waals surface area contributed by atoms with E-state index < -0.39 is 0 Å². The summed E-state index contributed by atoms with van der Waals surface area (Å²) in [6, 6.07) is 18.3. The largest absolute Gasteiger partial charge is 0.492 e. The minimum Gasteiger partial charge on any atom is -0.492 e. The topological polar surface area (TPSA) is 27.7 Å². The van der Waals surface area contributed by atoms with Gasteiger partial charge in [0.2, 0.25) is 0 Å². The average Bonchev–Trinajstić information content (AvgIpc) is 2.71. The molecule has 0 spiro atoms. The van der Waals surface area contributed by atoms with Gasteiger partial charge in [-0.1, -0.05) is 54.6 Å². The molecule has 0 saturated carbocycles. The van der Waals surface area contributed by atoms with Crippen LogP contribution in [-0.4, -0.2) is 54.2 Å². The molecule has 2 aromatic rings. The maximum Gasteiger partial charge on any atom is 0.173 e. The van der Waals surface area contributed by atoms with E-state index in [0.717, 1.165) is 49.3 Å². The van der Waals surface area contributed by atoms with E-state index >= 15 is 0 Å². The second-order valence-corrected chi connectivity index (χ2v) is 6.85. The second-order valence-electron chi connectivity index (χ2n) is 6.46. The van der Waals surface area contributed by atoms with E-state index in [4.69, 9.17) is 17.0 Å². The number of para-hydroxylation sites is 2. The van der Waals surface area contributed by atoms with Crippen LogP contribution in [0.3, 0.4) is 0 Å². The first-order chi connectivity index (χ1) is 13.3. The zero-order chi connectivity index (χ0) is 18.9. The molecule has 0 atom stereocenters. The summed E-state index contributed by atoms with van der Waals surface area (Å²) in [5.74, 6) is 0.840. The third-order valence-electron chi connectivity index (χ3n) is 4.56. The Balaban J connectivity index is 1.46. The third kappa shape index (κ3) is 5.81. The zero-order valence-corrected chi connectivity index (χ0v) is 16.6. The molecule has 0 radical (unpaired) electrons. The number of nitrogens with zero attached hydrogens (tertiary/aromatic N) is 2. The summed E-state index contributed by atoms with van der Waals surface area (Å²) < 4.78 is 5.67. The first-order valence-corrected chi connectivity index (χ1v) is 9.89. The van der Waals surface area contributed by atoms with Crippen LogP contribution < -0.4 is 10.1 Å². The van der Waals surface area contributed by atoms with Crippen molar-refractivity contribution in [3.05, 3.63) is 66.2 Å². The Hall–Kier alpha value is -2.37. The lowest BCUT2D eigenvalue weighted by molar-refractivity contribution is 0.199. The summed E-state index contributed by atoms with van der Waals surface area (Å²) in [5, 5.41) is 4.11. The molecule has 142 valence electrons. The molecule has 1 heterocycles. The predicted molar refractivity (Wildman–Crippen MR) is 117 cm³/mol. The Labute approximate surface area is 167 Å². The molecule has 0 amide bonds. The summed E-state index contributed by atoms with van der Waals surface area (Å²) in [7, 11) is 0. The van der Waals surface area contributed by atoms with Gasteiger partial charge in [-0.2, -0.15) is 0 Å². The van der Waals surface area contributed by atoms with Crippen LogP contribution in [0.5, 0.6) is 5.75 Å². The van der Waals surface area contributed by atoms with Gasteiger partial charge in [-0.3, -0.25) is 4.90 Å². The molecule has 1 fully saturated rings. The number of rotatable bonds is 6. The molecule has 2 aromatic carbocycles. The molecule has 0 aliphatic carbocycles. The predicted octanol–water partition coefficient (Wildman–Crippen LogP) is 4.11. The van der Waals surface area contributed by atoms with Gasteiger partial charge in [-0.05, 0) is 36.8 Å². The quantitative estimate of drug-likeness (QED) is 0.760. The number of benzene rings is 2. The molecule has 0 unspecified atom stereocenters. The number of hydrogen-bond acceptors (Lipinski definition) is 3. The molecule has 1 saturated heterocycles. The summed E-state index contributed by atoms with van der Waals surface area (Å²) in [4.78, 5) is 4.68. The lowest BCUT2D eigenvalue weighted by atomic mass is 10.2. The molecule has 5 heteroatoms. The van der Waals surface area contributed by atoms with Gasteiger partial charge in [0.25, 0.3) is 0 Å². The number of ether oxygens (including phenoxy) is 1. The van der Waals surface area contributed by atoms with Crippen LogP contribution in [-0.2, 0) is 0 Å². The molecule has 4 nitrogen and oxygen atoms in total. The van der Waals surface area contributed by atoms with Gasteiger partial charge >= 0.3 is 0 Å². The van der Waals surface area contributed by atoms with Crippen molar-refractivity contribution in [3.63, 3.8) is 0 Å². The normalized spacial score (nSPS) is 15.1. The summed E-state index contributed by atoms with van der Waals surface area (Å²) in [6.45, 7) is 7.48. The molecule has 1 aliphatic heterocycles. The van der Waals surface area contributed by atoms with Gasteiger partial charge < -0.3 is 15.0 Å². The number of piperazine rings is 1. The standard InChI is InChI=1S/C22H27N3OS/c1-2-26-21-13-7-6-12-20(21)23-22(27)25-17-15-24(16-18-25)14-8-11-19-9-4-3-5-10-19/h3-13H,2,14-18H2,1H3,(H,23,27)/b11-8+. The van der Waals surface area contributed by atoms with Crippen LogP contribution in [0, 0.1) is 0 Å². The molecule has 27 heavy (non-hydrogen) atoms. The third-order valence-corrected chi connectivity index (χ3v) is 4.92. The van der Waals surface area contributed by atoms with Crippen LogP contribution in [0.2, 0.25) is 0 Å². The average molecular weight is 382 g/mol. The smallest absolute Gasteiger partial charge is 0.173 e. The maximum absolute atomic E-state index is 5.67. The van der Waals surface area contributed by atoms with Crippen LogP contribution in [0.15, 0.2) is 60.7 Å². The maximum atomic E-state index is 5.67. The highest BCUT2D eigenvalue weighted by Crippen LogP contribution is 2.24. The molecule has 1 aliphatic rings. The van der Waals surface area contributed by atoms with Crippen LogP contribution >= 0.6 is 12.2 Å². The summed E-state index contributed by atoms with van der Waals surface area (Å²) >= 11 is 5.62. The molecule has 0 bridgehead atoms. The first kappa shape index (κ1) is 19.4. The minimum absolute atomic E-state index is 0.640. The van der Waals surface area contributed by atoms with E-state index in [0.29, 0.717) is 6.61 Å². The molecular weight excluding hydrogens is 354 g/mol. The van der Waals surface area contributed by atoms with Crippen molar-refractivity contribution in [2.45, 2.75) is 6.92 Å². The lowest BCUT2D eigenvalue weighted by Crippen LogP contribution is -2.49. The van der Waals surface area contributed by atoms with E-state index in [9.17, 15) is 0 Å². The van der Waals surface area contributed by atoms with Crippen molar-refractivity contribution in [1.82, 2.24) is 9.80 Å². The van der Waals surface area contributed by atoms with Gasteiger partial charge in [0.15, 0.2) is 5.11 Å². The lowest BCUT2D eigenvalue weighted by Gasteiger charge is -2.35. The van der Waals surface area contributed by atoms with Crippen molar-refractivity contribution in [1.29, 1.82) is 0 Å². The Kier molecular flexibility index (Phi) is 7.25. The fourth-order valence-electron chi connectivity index (χ4n) is 3.08. The highest BCUT2D eigenvalue weighted by Gasteiger charge is 2.18. The van der Waals surface area contributed by atoms with Crippen molar-refractivity contribution in [2.24, 2.45) is 0 Å². The Morgan fingerprint density at radius 3 is 2.48 bits per heavy atom. The van der Waals surface area contributed by atoms with E-state index in [2.05, 4.69) is 51.5 Å². The van der Waals surface area contributed by atoms with Crippen LogP contribution in [0.25, 0.3) is 6.08 Å².